The van der Waals surface area contributed by atoms with Crippen molar-refractivity contribution in [2.24, 2.45) is 0 Å². The molecule has 0 aliphatic carbocycles. The average Bonchev–Trinajstić information content (AvgIpc) is 2.41. The predicted molar refractivity (Wildman–Crippen MR) is 57.1 cm³/mol. The van der Waals surface area contributed by atoms with Gasteiger partial charge in [0.1, 0.15) is 12.6 Å². The fraction of sp³-hybridized carbons (Fsp3) is 0.455. The van der Waals surface area contributed by atoms with Gasteiger partial charge < -0.3 is 0 Å². The smallest absolute Gasteiger partial charge is 0.118 e. The van der Waals surface area contributed by atoms with Crippen LogP contribution < -0.4 is 5.53 Å². The van der Waals surface area contributed by atoms with Crippen LogP contribution in [0.2, 0.25) is 0 Å². The first-order valence-electron chi connectivity index (χ1n) is 4.97. The van der Waals surface area contributed by atoms with Crippen LogP contribution in [0, 0.1) is 0 Å². The number of hydrogen-bond donors (Lipinski definition) is 1. The Morgan fingerprint density at radius 3 is 2.43 bits per heavy atom. The van der Waals surface area contributed by atoms with Crippen molar-refractivity contribution in [3.63, 3.8) is 0 Å². The zero-order valence-corrected chi connectivity index (χ0v) is 9.07. The first kappa shape index (κ1) is 9.65. The van der Waals surface area contributed by atoms with Crippen LogP contribution in [0.4, 0.5) is 0 Å². The van der Waals surface area contributed by atoms with E-state index in [1.54, 1.807) is 0 Å². The van der Waals surface area contributed by atoms with Gasteiger partial charge in [-0.1, -0.05) is 35.9 Å². The van der Waals surface area contributed by atoms with Crippen molar-refractivity contribution in [1.82, 2.24) is 10.5 Å². The Balaban J connectivity index is 2.21. The second-order valence-electron chi connectivity index (χ2n) is 4.50. The van der Waals surface area contributed by atoms with Crippen LogP contribution in [-0.4, -0.2) is 37.3 Å². The summed E-state index contributed by atoms with van der Waals surface area (Å²) >= 11 is 0. The third-order valence-corrected chi connectivity index (χ3v) is 2.71. The topological polar surface area (TPSA) is 15.3 Å². The van der Waals surface area contributed by atoms with Crippen molar-refractivity contribution in [3.8, 4) is 0 Å². The third kappa shape index (κ3) is 1.80. The van der Waals surface area contributed by atoms with E-state index >= 15 is 0 Å². The van der Waals surface area contributed by atoms with E-state index in [0.717, 1.165) is 11.1 Å². The van der Waals surface area contributed by atoms with E-state index in [1.807, 2.05) is 0 Å². The van der Waals surface area contributed by atoms with Gasteiger partial charge in [-0.2, -0.15) is 5.01 Å². The molecule has 1 aliphatic rings. The minimum Gasteiger partial charge on any atom is -0.235 e. The summed E-state index contributed by atoms with van der Waals surface area (Å²) in [5, 5.41) is 2.19. The second kappa shape index (κ2) is 3.35. The molecule has 2 rings (SSSR count). The minimum atomic E-state index is 0.478. The number of hydrogen-bond acceptors (Lipinski definition) is 2. The summed E-state index contributed by atoms with van der Waals surface area (Å²) in [4.78, 5) is 0. The van der Waals surface area contributed by atoms with Crippen molar-refractivity contribution < 1.29 is 4.59 Å². The lowest BCUT2D eigenvalue weighted by Crippen LogP contribution is -2.49. The molecule has 0 radical (unpaired) electrons. The number of quaternary nitrogens is 1. The highest BCUT2D eigenvalue weighted by molar-refractivity contribution is 5.19. The van der Waals surface area contributed by atoms with Crippen LogP contribution in [-0.2, 0) is 0 Å². The molecular formula is C11H18N3+. The average molecular weight is 192 g/mol. The molecule has 1 aromatic rings. The molecule has 0 aromatic heterocycles. The molecule has 1 aromatic carbocycles. The number of hydrazine groups is 1. The van der Waals surface area contributed by atoms with Gasteiger partial charge in [0.25, 0.3) is 0 Å². The number of nitrogens with one attached hydrogen (secondary N) is 1. The predicted octanol–water partition coefficient (Wildman–Crippen LogP) is 1.17. The maximum atomic E-state index is 3.41. The molecule has 1 unspecified atom stereocenters. The van der Waals surface area contributed by atoms with Crippen molar-refractivity contribution >= 4 is 0 Å². The molecule has 3 heteroatoms. The highest BCUT2D eigenvalue weighted by Crippen LogP contribution is 2.25. The lowest BCUT2D eigenvalue weighted by atomic mass is 10.1. The molecule has 1 atom stereocenters. The van der Waals surface area contributed by atoms with Crippen LogP contribution >= 0.6 is 0 Å². The first-order chi connectivity index (χ1) is 6.58. The third-order valence-electron chi connectivity index (χ3n) is 2.71. The van der Waals surface area contributed by atoms with Crippen molar-refractivity contribution in [1.29, 1.82) is 0 Å². The molecule has 0 spiro atoms. The number of rotatable bonds is 1. The summed E-state index contributed by atoms with van der Waals surface area (Å²) in [5.74, 6) is 0. The van der Waals surface area contributed by atoms with Gasteiger partial charge in [0.15, 0.2) is 0 Å². The fourth-order valence-electron chi connectivity index (χ4n) is 2.10. The Morgan fingerprint density at radius 1 is 1.29 bits per heavy atom. The Kier molecular flexibility index (Phi) is 2.31. The van der Waals surface area contributed by atoms with Gasteiger partial charge in [-0.25, -0.2) is 4.59 Å². The molecule has 14 heavy (non-hydrogen) atoms. The molecule has 1 saturated heterocycles. The molecular weight excluding hydrogens is 174 g/mol. The Hall–Kier alpha value is -0.900. The zero-order valence-electron chi connectivity index (χ0n) is 9.07. The SMILES string of the molecule is CN1N[N+](C)(C)CC1c1ccccc1. The van der Waals surface area contributed by atoms with Gasteiger partial charge in [0, 0.05) is 7.05 Å². The van der Waals surface area contributed by atoms with Crippen LogP contribution in [0.3, 0.4) is 0 Å². The minimum absolute atomic E-state index is 0.478. The maximum Gasteiger partial charge on any atom is 0.118 e. The zero-order chi connectivity index (χ0) is 10.2. The van der Waals surface area contributed by atoms with Crippen LogP contribution in [0.15, 0.2) is 30.3 Å². The number of benzene rings is 1. The molecule has 1 aliphatic heterocycles. The molecule has 0 amide bonds. The molecule has 0 saturated carbocycles. The van der Waals surface area contributed by atoms with Crippen LogP contribution in [0.5, 0.6) is 0 Å². The van der Waals surface area contributed by atoms with E-state index in [4.69, 9.17) is 0 Å². The highest BCUT2D eigenvalue weighted by Gasteiger charge is 2.36. The summed E-state index contributed by atoms with van der Waals surface area (Å²) in [6.45, 7) is 1.10. The summed E-state index contributed by atoms with van der Waals surface area (Å²) in [6.07, 6.45) is 0. The fourth-order valence-corrected chi connectivity index (χ4v) is 2.10. The largest absolute Gasteiger partial charge is 0.235 e. The standard InChI is InChI=1S/C11H18N3/c1-13-11(9-14(2,3)12-13)10-7-5-4-6-8-10/h4-8,11-12H,9H2,1-3H3/q+1. The quantitative estimate of drug-likeness (QED) is 0.672. The second-order valence-corrected chi connectivity index (χ2v) is 4.50. The van der Waals surface area contributed by atoms with Crippen LogP contribution in [0.25, 0.3) is 0 Å². The van der Waals surface area contributed by atoms with E-state index in [-0.39, 0.29) is 0 Å². The summed E-state index contributed by atoms with van der Waals surface area (Å²) in [7, 11) is 6.46. The van der Waals surface area contributed by atoms with E-state index in [2.05, 4.69) is 62.0 Å². The van der Waals surface area contributed by atoms with Crippen molar-refractivity contribution in [2.75, 3.05) is 27.7 Å². The van der Waals surface area contributed by atoms with E-state index in [9.17, 15) is 0 Å². The van der Waals surface area contributed by atoms with Gasteiger partial charge in [0.2, 0.25) is 0 Å². The van der Waals surface area contributed by atoms with Crippen molar-refractivity contribution in [3.05, 3.63) is 35.9 Å². The number of nitrogens with zero attached hydrogens (tertiary/aromatic N) is 2. The molecule has 1 N–H and O–H groups in total. The summed E-state index contributed by atoms with van der Waals surface area (Å²) in [5.41, 5.74) is 4.79. The van der Waals surface area contributed by atoms with E-state index < -0.39 is 0 Å². The monoisotopic (exact) mass is 192 g/mol. The Labute approximate surface area is 85.5 Å². The van der Waals surface area contributed by atoms with Gasteiger partial charge in [0.05, 0.1) is 14.1 Å². The van der Waals surface area contributed by atoms with Crippen molar-refractivity contribution in [2.45, 2.75) is 6.04 Å². The molecule has 0 bridgehead atoms. The lowest BCUT2D eigenvalue weighted by molar-refractivity contribution is -0.929. The van der Waals surface area contributed by atoms with E-state index in [1.165, 1.54) is 5.56 Å². The molecule has 3 nitrogen and oxygen atoms in total. The Bertz CT molecular complexity index is 308. The Morgan fingerprint density at radius 2 is 1.93 bits per heavy atom. The van der Waals surface area contributed by atoms with Gasteiger partial charge in [-0.3, -0.25) is 0 Å². The van der Waals surface area contributed by atoms with Crippen LogP contribution in [0.1, 0.15) is 11.6 Å². The first-order valence-corrected chi connectivity index (χ1v) is 4.97. The highest BCUT2D eigenvalue weighted by atomic mass is 15.9. The lowest BCUT2D eigenvalue weighted by Gasteiger charge is -2.21. The molecule has 1 heterocycles. The van der Waals surface area contributed by atoms with Gasteiger partial charge in [-0.05, 0) is 5.56 Å². The normalized spacial score (nSPS) is 26.6. The molecule has 76 valence electrons. The summed E-state index contributed by atoms with van der Waals surface area (Å²) in [6, 6.07) is 11.1. The van der Waals surface area contributed by atoms with Gasteiger partial charge in [-0.15, -0.1) is 0 Å². The van der Waals surface area contributed by atoms with E-state index in [0.29, 0.717) is 6.04 Å². The van der Waals surface area contributed by atoms with Gasteiger partial charge >= 0.3 is 0 Å². The summed E-state index contributed by atoms with van der Waals surface area (Å²) < 4.78 is 0.843. The molecule has 1 fully saturated rings. The maximum absolute atomic E-state index is 3.41. The number of likely N-dealkylation sites (N-methyl/N-ethyl adjacent to an activating group) is 2.